The van der Waals surface area contributed by atoms with Gasteiger partial charge in [-0.3, -0.25) is 4.79 Å². The lowest BCUT2D eigenvalue weighted by atomic mass is 10.2. The molecule has 0 radical (unpaired) electrons. The van der Waals surface area contributed by atoms with E-state index >= 15 is 0 Å². The Labute approximate surface area is 77.9 Å². The van der Waals surface area contributed by atoms with Gasteiger partial charge in [-0.25, -0.2) is 0 Å². The first-order valence-corrected chi connectivity index (χ1v) is 3.76. The molecule has 2 N–H and O–H groups in total. The van der Waals surface area contributed by atoms with Gasteiger partial charge in [0.2, 0.25) is 0 Å². The molecule has 0 fully saturated rings. The maximum absolute atomic E-state index is 11.0. The van der Waals surface area contributed by atoms with E-state index in [0.29, 0.717) is 11.4 Å². The molecule has 0 aromatic heterocycles. The van der Waals surface area contributed by atoms with Crippen LogP contribution in [0.15, 0.2) is 18.2 Å². The van der Waals surface area contributed by atoms with Gasteiger partial charge in [-0.15, -0.1) is 0 Å². The van der Waals surface area contributed by atoms with E-state index in [1.165, 1.54) is 18.2 Å². The number of carbonyl (C=O) groups excluding carboxylic acids is 1. The monoisotopic (exact) mass is 181 g/mol. The lowest BCUT2D eigenvalue weighted by molar-refractivity contribution is -0.118. The zero-order valence-electron chi connectivity index (χ0n) is 8.70. The maximum atomic E-state index is 11.0. The van der Waals surface area contributed by atoms with Crippen LogP contribution in [0.2, 0.25) is 0 Å². The average Bonchev–Trinajstić information content (AvgIpc) is 2.15. The van der Waals surface area contributed by atoms with Crippen molar-refractivity contribution in [3.05, 3.63) is 23.8 Å². The van der Waals surface area contributed by atoms with Crippen LogP contribution in [0.4, 0.5) is 5.69 Å². The van der Waals surface area contributed by atoms with E-state index in [1.54, 1.807) is 0 Å². The molecule has 68 valence electrons. The fraction of sp³-hybridized carbons (Fsp3) is 0.222. The van der Waals surface area contributed by atoms with Crippen LogP contribution in [0.5, 0.6) is 5.75 Å². The predicted molar refractivity (Wildman–Crippen MR) is 46.5 cm³/mol. The number of carbonyl (C=O) groups is 1. The summed E-state index contributed by atoms with van der Waals surface area (Å²) < 4.78 is 19.3. The first kappa shape index (κ1) is 5.99. The molecule has 0 atom stereocenters. The summed E-state index contributed by atoms with van der Waals surface area (Å²) in [6, 6.07) is 4.28. The number of nitrogens with one attached hydrogen (secondary N) is 1. The first-order valence-electron chi connectivity index (χ1n) is 4.76. The molecule has 1 amide bonds. The van der Waals surface area contributed by atoms with E-state index in [0.717, 1.165) is 0 Å². The Morgan fingerprint density at radius 2 is 2.54 bits per heavy atom. The smallest absolute Gasteiger partial charge is 0.262 e. The maximum Gasteiger partial charge on any atom is 0.262 e. The molecular formula is C9H9NO3. The summed E-state index contributed by atoms with van der Waals surface area (Å²) in [6.07, 6.45) is 0. The topological polar surface area (TPSA) is 58.6 Å². The molecule has 2 rings (SSSR count). The van der Waals surface area contributed by atoms with Crippen LogP contribution >= 0.6 is 0 Å². The third-order valence-corrected chi connectivity index (χ3v) is 1.74. The number of benzene rings is 1. The Hall–Kier alpha value is -1.55. The Balaban J connectivity index is 2.41. The molecule has 4 heteroatoms. The molecular weight excluding hydrogens is 170 g/mol. The van der Waals surface area contributed by atoms with Crippen molar-refractivity contribution >= 4 is 11.6 Å². The molecule has 1 heterocycles. The van der Waals surface area contributed by atoms with Gasteiger partial charge in [-0.2, -0.15) is 0 Å². The Bertz CT molecular complexity index is 414. The van der Waals surface area contributed by atoms with E-state index < -0.39 is 6.56 Å². The van der Waals surface area contributed by atoms with Crippen LogP contribution in [0.1, 0.15) is 8.30 Å². The summed E-state index contributed by atoms with van der Waals surface area (Å²) >= 11 is 0. The van der Waals surface area contributed by atoms with Crippen molar-refractivity contribution in [1.29, 1.82) is 0 Å². The van der Waals surface area contributed by atoms with Crippen molar-refractivity contribution in [2.75, 3.05) is 11.9 Å². The first-order chi connectivity index (χ1) is 6.97. The molecule has 0 aliphatic carbocycles. The molecule has 0 saturated heterocycles. The van der Waals surface area contributed by atoms with Gasteiger partial charge >= 0.3 is 0 Å². The van der Waals surface area contributed by atoms with Gasteiger partial charge < -0.3 is 15.2 Å². The van der Waals surface area contributed by atoms with Crippen LogP contribution in [-0.4, -0.2) is 17.6 Å². The highest BCUT2D eigenvalue weighted by molar-refractivity contribution is 5.95. The van der Waals surface area contributed by atoms with Gasteiger partial charge in [0, 0.05) is 0 Å². The number of amides is 1. The molecule has 0 unspecified atom stereocenters. The average molecular weight is 181 g/mol. The minimum atomic E-state index is -2.42. The summed E-state index contributed by atoms with van der Waals surface area (Å²) in [5.74, 6) is 0.181. The van der Waals surface area contributed by atoms with E-state index in [4.69, 9.17) is 12.6 Å². The van der Waals surface area contributed by atoms with Gasteiger partial charge in [0.05, 0.1) is 15.0 Å². The van der Waals surface area contributed by atoms with Crippen molar-refractivity contribution in [2.24, 2.45) is 0 Å². The van der Waals surface area contributed by atoms with Crippen LogP contribution < -0.4 is 10.1 Å². The third kappa shape index (κ3) is 1.48. The summed E-state index contributed by atoms with van der Waals surface area (Å²) in [5, 5.41) is 11.7. The molecule has 0 saturated carbocycles. The normalized spacial score (nSPS) is 17.8. The highest BCUT2D eigenvalue weighted by atomic mass is 16.5. The standard InChI is InChI=1S/C9H9NO3/c11-4-6-1-2-8-7(3-6)10-9(12)5-13-8/h1-3,11H,4-5H2,(H,10,12)/i4D2. The van der Waals surface area contributed by atoms with Crippen molar-refractivity contribution in [2.45, 2.75) is 6.56 Å². The third-order valence-electron chi connectivity index (χ3n) is 1.74. The Kier molecular flexibility index (Phi) is 1.41. The van der Waals surface area contributed by atoms with Crippen LogP contribution in [-0.2, 0) is 11.4 Å². The highest BCUT2D eigenvalue weighted by Gasteiger charge is 2.15. The van der Waals surface area contributed by atoms with Crippen LogP contribution in [0.25, 0.3) is 0 Å². The van der Waals surface area contributed by atoms with Crippen LogP contribution in [0.3, 0.4) is 0 Å². The number of anilines is 1. The van der Waals surface area contributed by atoms with E-state index in [1.807, 2.05) is 0 Å². The van der Waals surface area contributed by atoms with Gasteiger partial charge in [-0.1, -0.05) is 6.07 Å². The summed E-state index contributed by atoms with van der Waals surface area (Å²) in [5.41, 5.74) is 0.453. The number of fused-ring (bicyclic) bond motifs is 1. The summed E-state index contributed by atoms with van der Waals surface area (Å²) in [6.45, 7) is -2.46. The number of hydrogen-bond acceptors (Lipinski definition) is 3. The van der Waals surface area contributed by atoms with Crippen molar-refractivity contribution in [1.82, 2.24) is 0 Å². The lowest BCUT2D eigenvalue weighted by Gasteiger charge is -2.17. The zero-order chi connectivity index (χ0) is 11.1. The second-order valence-corrected chi connectivity index (χ2v) is 2.66. The van der Waals surface area contributed by atoms with E-state index in [2.05, 4.69) is 5.32 Å². The van der Waals surface area contributed by atoms with E-state index in [9.17, 15) is 4.79 Å². The second-order valence-electron chi connectivity index (χ2n) is 2.66. The van der Waals surface area contributed by atoms with Crippen molar-refractivity contribution in [3.8, 4) is 5.75 Å². The molecule has 13 heavy (non-hydrogen) atoms. The lowest BCUT2D eigenvalue weighted by Crippen LogP contribution is -2.25. The molecule has 0 spiro atoms. The molecule has 4 nitrogen and oxygen atoms in total. The highest BCUT2D eigenvalue weighted by Crippen LogP contribution is 2.28. The Morgan fingerprint density at radius 1 is 1.69 bits per heavy atom. The quantitative estimate of drug-likeness (QED) is 0.663. The number of ether oxygens (including phenoxy) is 1. The summed E-state index contributed by atoms with van der Waals surface area (Å²) in [7, 11) is 0. The van der Waals surface area contributed by atoms with Gasteiger partial charge in [0.25, 0.3) is 5.91 Å². The fourth-order valence-electron chi connectivity index (χ4n) is 1.15. The van der Waals surface area contributed by atoms with Crippen molar-refractivity contribution in [3.63, 3.8) is 0 Å². The zero-order valence-corrected chi connectivity index (χ0v) is 6.70. The molecule has 1 aliphatic rings. The van der Waals surface area contributed by atoms with Crippen LogP contribution in [0, 0.1) is 0 Å². The van der Waals surface area contributed by atoms with Gasteiger partial charge in [-0.05, 0) is 17.7 Å². The fourth-order valence-corrected chi connectivity index (χ4v) is 1.15. The molecule has 1 aromatic rings. The van der Waals surface area contributed by atoms with Gasteiger partial charge in [0.1, 0.15) is 5.75 Å². The largest absolute Gasteiger partial charge is 0.482 e. The summed E-state index contributed by atoms with van der Waals surface area (Å²) in [4.78, 5) is 11.0. The number of aliphatic hydroxyl groups is 1. The second kappa shape index (κ2) is 3.06. The minimum Gasteiger partial charge on any atom is -0.482 e. The number of hydrogen-bond donors (Lipinski definition) is 2. The number of rotatable bonds is 1. The minimum absolute atomic E-state index is 0.0433. The predicted octanol–water partition coefficient (Wildman–Crippen LogP) is 0.510. The SMILES string of the molecule is [2H]C([2H])(O)c1ccc2c(c1)NC(=O)CO2. The Morgan fingerprint density at radius 3 is 3.31 bits per heavy atom. The van der Waals surface area contributed by atoms with E-state index in [-0.39, 0.29) is 18.1 Å². The van der Waals surface area contributed by atoms with Crippen molar-refractivity contribution < 1.29 is 17.4 Å². The molecule has 1 aromatic carbocycles. The molecule has 0 bridgehead atoms. The van der Waals surface area contributed by atoms with Gasteiger partial charge in [0.15, 0.2) is 6.61 Å². The molecule has 1 aliphatic heterocycles.